The van der Waals surface area contributed by atoms with Gasteiger partial charge in [-0.2, -0.15) is 0 Å². The maximum absolute atomic E-state index is 12.6. The lowest BCUT2D eigenvalue weighted by molar-refractivity contribution is 0.102. The third kappa shape index (κ3) is 4.25. The van der Waals surface area contributed by atoms with Crippen LogP contribution >= 0.6 is 0 Å². The van der Waals surface area contributed by atoms with Gasteiger partial charge in [0.15, 0.2) is 11.5 Å². The monoisotopic (exact) mass is 355 g/mol. The molecule has 0 fully saturated rings. The number of nitrogens with one attached hydrogen (secondary N) is 1. The molecule has 1 aliphatic heterocycles. The molecule has 0 saturated heterocycles. The number of carbonyl (C=O) groups is 1. The molecule has 1 aromatic carbocycles. The van der Waals surface area contributed by atoms with Crippen LogP contribution in [0.25, 0.3) is 0 Å². The number of hydrogen-bond acceptors (Lipinski definition) is 5. The van der Waals surface area contributed by atoms with Crippen molar-refractivity contribution < 1.29 is 14.3 Å². The average Bonchev–Trinajstić information content (AvgIpc) is 2.68. The van der Waals surface area contributed by atoms with E-state index in [1.807, 2.05) is 24.4 Å². The molecule has 0 bridgehead atoms. The van der Waals surface area contributed by atoms with Crippen molar-refractivity contribution in [2.75, 3.05) is 36.5 Å². The van der Waals surface area contributed by atoms with Crippen LogP contribution in [0.5, 0.6) is 11.5 Å². The zero-order chi connectivity index (χ0) is 18.4. The van der Waals surface area contributed by atoms with Crippen molar-refractivity contribution in [1.82, 2.24) is 4.98 Å². The van der Waals surface area contributed by atoms with Crippen LogP contribution in [0.4, 0.5) is 11.4 Å². The minimum Gasteiger partial charge on any atom is -0.486 e. The molecule has 1 aromatic heterocycles. The summed E-state index contributed by atoms with van der Waals surface area (Å²) >= 11 is 0. The Kier molecular flexibility index (Phi) is 5.94. The fraction of sp³-hybridized carbons (Fsp3) is 0.400. The van der Waals surface area contributed by atoms with E-state index < -0.39 is 0 Å². The lowest BCUT2D eigenvalue weighted by Gasteiger charge is -2.23. The van der Waals surface area contributed by atoms with Gasteiger partial charge in [0.2, 0.25) is 0 Å². The van der Waals surface area contributed by atoms with Gasteiger partial charge in [-0.05, 0) is 31.0 Å². The molecule has 0 radical (unpaired) electrons. The lowest BCUT2D eigenvalue weighted by atomic mass is 10.2. The highest BCUT2D eigenvalue weighted by atomic mass is 16.6. The molecule has 0 saturated carbocycles. The largest absolute Gasteiger partial charge is 0.486 e. The van der Waals surface area contributed by atoms with E-state index in [4.69, 9.17) is 9.47 Å². The Morgan fingerprint density at radius 3 is 2.54 bits per heavy atom. The van der Waals surface area contributed by atoms with Gasteiger partial charge in [-0.25, -0.2) is 0 Å². The fourth-order valence-electron chi connectivity index (χ4n) is 2.96. The number of fused-ring (bicyclic) bond motifs is 1. The Labute approximate surface area is 154 Å². The molecule has 1 N–H and O–H groups in total. The molecule has 0 spiro atoms. The summed E-state index contributed by atoms with van der Waals surface area (Å²) in [5.41, 5.74) is 2.18. The number of carbonyl (C=O) groups excluding carboxylic acids is 1. The molecule has 3 rings (SSSR count). The van der Waals surface area contributed by atoms with Gasteiger partial charge in [-0.3, -0.25) is 9.78 Å². The molecule has 1 aliphatic rings. The Bertz CT molecular complexity index is 758. The van der Waals surface area contributed by atoms with Crippen molar-refractivity contribution in [3.05, 3.63) is 42.2 Å². The first-order valence-corrected chi connectivity index (χ1v) is 9.12. The minimum atomic E-state index is -0.191. The fourth-order valence-corrected chi connectivity index (χ4v) is 2.96. The normalized spacial score (nSPS) is 12.5. The number of aromatic nitrogens is 1. The highest BCUT2D eigenvalue weighted by Gasteiger charge is 2.14. The summed E-state index contributed by atoms with van der Waals surface area (Å²) in [5, 5.41) is 2.91. The first-order valence-electron chi connectivity index (χ1n) is 9.12. The highest BCUT2D eigenvalue weighted by molar-refractivity contribution is 6.04. The first-order chi connectivity index (χ1) is 12.7. The number of ether oxygens (including phenoxy) is 2. The molecule has 1 amide bonds. The van der Waals surface area contributed by atoms with Gasteiger partial charge in [0.05, 0.1) is 17.4 Å². The van der Waals surface area contributed by atoms with Crippen LogP contribution in [0.1, 0.15) is 37.0 Å². The van der Waals surface area contributed by atoms with Crippen LogP contribution < -0.4 is 19.7 Å². The van der Waals surface area contributed by atoms with Crippen LogP contribution in [-0.4, -0.2) is 37.2 Å². The highest BCUT2D eigenvalue weighted by Crippen LogP contribution is 2.32. The van der Waals surface area contributed by atoms with E-state index in [9.17, 15) is 4.79 Å². The summed E-state index contributed by atoms with van der Waals surface area (Å²) in [4.78, 5) is 19.1. The Morgan fingerprint density at radius 2 is 1.81 bits per heavy atom. The number of anilines is 2. The van der Waals surface area contributed by atoms with E-state index in [1.165, 1.54) is 0 Å². The number of benzene rings is 1. The van der Waals surface area contributed by atoms with Crippen LogP contribution in [0, 0.1) is 0 Å². The smallest absolute Gasteiger partial charge is 0.257 e. The third-order valence-corrected chi connectivity index (χ3v) is 4.14. The van der Waals surface area contributed by atoms with Crippen LogP contribution in [-0.2, 0) is 0 Å². The zero-order valence-corrected chi connectivity index (χ0v) is 15.3. The maximum atomic E-state index is 12.6. The lowest BCUT2D eigenvalue weighted by Crippen LogP contribution is -2.25. The SMILES string of the molecule is CCCN(CCC)c1cncc(C(=O)Nc2ccc3c(c2)OCCO3)c1. The Hall–Kier alpha value is -2.76. The topological polar surface area (TPSA) is 63.7 Å². The summed E-state index contributed by atoms with van der Waals surface area (Å²) < 4.78 is 11.1. The minimum absolute atomic E-state index is 0.191. The van der Waals surface area contributed by atoms with Gasteiger partial charge >= 0.3 is 0 Å². The van der Waals surface area contributed by atoms with Crippen LogP contribution in [0.3, 0.4) is 0 Å². The van der Waals surface area contributed by atoms with Gasteiger partial charge in [-0.1, -0.05) is 13.8 Å². The van der Waals surface area contributed by atoms with Crippen molar-refractivity contribution in [1.29, 1.82) is 0 Å². The average molecular weight is 355 g/mol. The Balaban J connectivity index is 1.74. The molecule has 138 valence electrons. The molecule has 2 heterocycles. The second kappa shape index (κ2) is 8.56. The molecule has 0 unspecified atom stereocenters. The zero-order valence-electron chi connectivity index (χ0n) is 15.3. The van der Waals surface area contributed by atoms with Gasteiger partial charge < -0.3 is 19.7 Å². The third-order valence-electron chi connectivity index (χ3n) is 4.14. The summed E-state index contributed by atoms with van der Waals surface area (Å²) in [6.45, 7) is 7.25. The number of nitrogens with zero attached hydrogens (tertiary/aromatic N) is 2. The second-order valence-corrected chi connectivity index (χ2v) is 6.23. The summed E-state index contributed by atoms with van der Waals surface area (Å²) in [6, 6.07) is 7.29. The number of amides is 1. The van der Waals surface area contributed by atoms with E-state index in [0.29, 0.717) is 36.0 Å². The van der Waals surface area contributed by atoms with Crippen molar-refractivity contribution in [2.45, 2.75) is 26.7 Å². The predicted octanol–water partition coefficient (Wildman–Crippen LogP) is 3.73. The van der Waals surface area contributed by atoms with E-state index in [2.05, 4.69) is 29.0 Å². The molecule has 26 heavy (non-hydrogen) atoms. The van der Waals surface area contributed by atoms with Crippen molar-refractivity contribution >= 4 is 17.3 Å². The van der Waals surface area contributed by atoms with Crippen molar-refractivity contribution in [2.24, 2.45) is 0 Å². The van der Waals surface area contributed by atoms with Gasteiger partial charge in [0.25, 0.3) is 5.91 Å². The van der Waals surface area contributed by atoms with Crippen LogP contribution in [0.15, 0.2) is 36.7 Å². The number of rotatable bonds is 7. The number of pyridine rings is 1. The summed E-state index contributed by atoms with van der Waals surface area (Å²) in [6.07, 6.45) is 5.50. The van der Waals surface area contributed by atoms with E-state index >= 15 is 0 Å². The standard InChI is InChI=1S/C20H25N3O3/c1-3-7-23(8-4-2)17-11-15(13-21-14-17)20(24)22-16-5-6-18-19(12-16)26-10-9-25-18/h5-6,11-14H,3-4,7-10H2,1-2H3,(H,22,24). The molecule has 6 nitrogen and oxygen atoms in total. The van der Waals surface area contributed by atoms with Crippen molar-refractivity contribution in [3.8, 4) is 11.5 Å². The van der Waals surface area contributed by atoms with E-state index in [0.717, 1.165) is 31.6 Å². The molecular formula is C20H25N3O3. The quantitative estimate of drug-likeness (QED) is 0.820. The maximum Gasteiger partial charge on any atom is 0.257 e. The predicted molar refractivity (Wildman–Crippen MR) is 102 cm³/mol. The van der Waals surface area contributed by atoms with Gasteiger partial charge in [0, 0.05) is 31.0 Å². The molecular weight excluding hydrogens is 330 g/mol. The molecule has 0 aliphatic carbocycles. The molecule has 0 atom stereocenters. The first kappa shape index (κ1) is 18.0. The van der Waals surface area contributed by atoms with Crippen molar-refractivity contribution in [3.63, 3.8) is 0 Å². The van der Waals surface area contributed by atoms with Gasteiger partial charge in [-0.15, -0.1) is 0 Å². The number of hydrogen-bond donors (Lipinski definition) is 1. The Morgan fingerprint density at radius 1 is 1.08 bits per heavy atom. The van der Waals surface area contributed by atoms with E-state index in [1.54, 1.807) is 12.3 Å². The molecule has 6 heteroatoms. The van der Waals surface area contributed by atoms with Crippen LogP contribution in [0.2, 0.25) is 0 Å². The molecule has 2 aromatic rings. The summed E-state index contributed by atoms with van der Waals surface area (Å²) in [5.74, 6) is 1.16. The second-order valence-electron chi connectivity index (χ2n) is 6.23. The van der Waals surface area contributed by atoms with E-state index in [-0.39, 0.29) is 5.91 Å². The van der Waals surface area contributed by atoms with Gasteiger partial charge in [0.1, 0.15) is 13.2 Å². The summed E-state index contributed by atoms with van der Waals surface area (Å²) in [7, 11) is 0.